The number of hydrogen-bond donors (Lipinski definition) is 3. The average molecular weight is 626 g/mol. The van der Waals surface area contributed by atoms with Gasteiger partial charge in [0.05, 0.1) is 30.5 Å². The quantitative estimate of drug-likeness (QED) is 0.265. The Hall–Kier alpha value is -4.23. The van der Waals surface area contributed by atoms with Crippen LogP contribution in [0.2, 0.25) is 5.02 Å². The largest absolute Gasteiger partial charge is 0.481 e. The van der Waals surface area contributed by atoms with Gasteiger partial charge >= 0.3 is 0 Å². The first-order chi connectivity index (χ1) is 21.1. The fraction of sp³-hybridized carbons (Fsp3) is 0.290. The van der Waals surface area contributed by atoms with Crippen molar-refractivity contribution in [2.45, 2.75) is 32.0 Å². The van der Waals surface area contributed by atoms with Crippen LogP contribution in [0.3, 0.4) is 0 Å². The number of carbonyl (C=O) groups is 1. The van der Waals surface area contributed by atoms with E-state index in [0.717, 1.165) is 10.7 Å². The molecule has 2 aromatic carbocycles. The summed E-state index contributed by atoms with van der Waals surface area (Å²) in [6.45, 7) is 2.79. The maximum atomic E-state index is 15.1. The summed E-state index contributed by atoms with van der Waals surface area (Å²) in [5.74, 6) is -1.82. The average Bonchev–Trinajstić information content (AvgIpc) is 3.00. The van der Waals surface area contributed by atoms with Gasteiger partial charge in [0.15, 0.2) is 0 Å². The summed E-state index contributed by atoms with van der Waals surface area (Å²) in [6, 6.07) is 9.25. The van der Waals surface area contributed by atoms with Gasteiger partial charge in [0.1, 0.15) is 17.2 Å². The van der Waals surface area contributed by atoms with Crippen LogP contribution in [0, 0.1) is 18.6 Å². The zero-order chi connectivity index (χ0) is 31.5. The lowest BCUT2D eigenvalue weighted by molar-refractivity contribution is -0.0281. The zero-order valence-electron chi connectivity index (χ0n) is 24.2. The van der Waals surface area contributed by atoms with Gasteiger partial charge in [-0.1, -0.05) is 17.7 Å². The molecule has 1 aliphatic rings. The number of amides is 1. The summed E-state index contributed by atoms with van der Waals surface area (Å²) in [7, 11) is 2.87. The summed E-state index contributed by atoms with van der Waals surface area (Å²) >= 11 is 6.82. The molecule has 44 heavy (non-hydrogen) atoms. The highest BCUT2D eigenvalue weighted by Gasteiger charge is 2.24. The van der Waals surface area contributed by atoms with E-state index in [1.54, 1.807) is 19.1 Å². The van der Waals surface area contributed by atoms with Crippen molar-refractivity contribution in [3.05, 3.63) is 92.4 Å². The highest BCUT2D eigenvalue weighted by molar-refractivity contribution is 6.36. The predicted molar refractivity (Wildman–Crippen MR) is 161 cm³/mol. The van der Waals surface area contributed by atoms with E-state index in [4.69, 9.17) is 21.1 Å². The highest BCUT2D eigenvalue weighted by Crippen LogP contribution is 2.40. The van der Waals surface area contributed by atoms with Crippen LogP contribution in [0.15, 0.2) is 53.5 Å². The van der Waals surface area contributed by atoms with Crippen LogP contribution in [0.4, 0.5) is 14.5 Å². The van der Waals surface area contributed by atoms with Crippen molar-refractivity contribution < 1.29 is 28.2 Å². The number of nitrogens with zero attached hydrogens (tertiary/aromatic N) is 3. The zero-order valence-corrected chi connectivity index (χ0v) is 24.9. The number of halogens is 3. The Kier molecular flexibility index (Phi) is 9.35. The van der Waals surface area contributed by atoms with Crippen LogP contribution in [0.5, 0.6) is 5.88 Å². The van der Waals surface area contributed by atoms with Gasteiger partial charge in [-0.3, -0.25) is 9.59 Å². The Balaban J connectivity index is 1.48. The minimum absolute atomic E-state index is 0.0806. The SMILES string of the molecule is COc1nc(-c2cc(F)cc(-c3cc(F)cc(NC(=O)c4ccnn(C)c4=O)c3C)c2Cl)ccc1CNC1CCOC[C@@H]1O. The third-order valence-electron chi connectivity index (χ3n) is 7.49. The normalized spacial score (nSPS) is 16.5. The smallest absolute Gasteiger partial charge is 0.279 e. The summed E-state index contributed by atoms with van der Waals surface area (Å²) in [6.07, 6.45) is 1.33. The maximum Gasteiger partial charge on any atom is 0.279 e. The molecule has 1 amide bonds. The molecule has 1 saturated heterocycles. The van der Waals surface area contributed by atoms with Crippen LogP contribution >= 0.6 is 11.6 Å². The second-order valence-electron chi connectivity index (χ2n) is 10.4. The molecule has 1 unspecified atom stereocenters. The number of aliphatic hydroxyl groups excluding tert-OH is 1. The first-order valence-corrected chi connectivity index (χ1v) is 14.1. The highest BCUT2D eigenvalue weighted by atomic mass is 35.5. The van der Waals surface area contributed by atoms with E-state index in [-0.39, 0.29) is 51.5 Å². The van der Waals surface area contributed by atoms with Gasteiger partial charge < -0.3 is 25.2 Å². The molecule has 10 nitrogen and oxygen atoms in total. The van der Waals surface area contributed by atoms with Crippen molar-refractivity contribution in [1.82, 2.24) is 20.1 Å². The maximum absolute atomic E-state index is 15.1. The fourth-order valence-electron chi connectivity index (χ4n) is 5.06. The number of carbonyl (C=O) groups excluding carboxylic acids is 1. The molecule has 0 aliphatic carbocycles. The Morgan fingerprint density at radius 1 is 1.16 bits per heavy atom. The van der Waals surface area contributed by atoms with Crippen LogP contribution in [-0.4, -0.2) is 58.2 Å². The number of aliphatic hydroxyl groups is 1. The lowest BCUT2D eigenvalue weighted by Crippen LogP contribution is -2.46. The molecule has 5 rings (SSSR count). The third-order valence-corrected chi connectivity index (χ3v) is 7.89. The number of pyridine rings is 1. The van der Waals surface area contributed by atoms with Gasteiger partial charge in [-0.05, 0) is 60.9 Å². The molecule has 1 aliphatic heterocycles. The Morgan fingerprint density at radius 2 is 1.89 bits per heavy atom. The molecule has 3 N–H and O–H groups in total. The van der Waals surface area contributed by atoms with E-state index in [0.29, 0.717) is 36.4 Å². The number of ether oxygens (including phenoxy) is 2. The number of rotatable bonds is 8. The predicted octanol–water partition coefficient (Wildman–Crippen LogP) is 4.25. The van der Waals surface area contributed by atoms with Crippen LogP contribution < -0.4 is 20.9 Å². The monoisotopic (exact) mass is 625 g/mol. The molecule has 2 aromatic heterocycles. The Labute approximate surface area is 256 Å². The minimum atomic E-state index is -0.754. The number of nitrogens with one attached hydrogen (secondary N) is 2. The molecule has 230 valence electrons. The van der Waals surface area contributed by atoms with Gasteiger partial charge in [-0.2, -0.15) is 5.10 Å². The summed E-state index contributed by atoms with van der Waals surface area (Å²) in [4.78, 5) is 29.8. The number of aromatic nitrogens is 3. The Morgan fingerprint density at radius 3 is 2.64 bits per heavy atom. The van der Waals surface area contributed by atoms with Crippen LogP contribution in [0.25, 0.3) is 22.4 Å². The van der Waals surface area contributed by atoms with E-state index in [1.165, 1.54) is 44.6 Å². The van der Waals surface area contributed by atoms with Gasteiger partial charge in [-0.25, -0.2) is 18.4 Å². The number of hydrogen-bond acceptors (Lipinski definition) is 8. The van der Waals surface area contributed by atoms with Gasteiger partial charge in [0.2, 0.25) is 5.88 Å². The Bertz CT molecular complexity index is 1780. The fourth-order valence-corrected chi connectivity index (χ4v) is 5.37. The molecule has 0 radical (unpaired) electrons. The van der Waals surface area contributed by atoms with Crippen LogP contribution in [0.1, 0.15) is 27.9 Å². The molecular formula is C31H30ClF2N5O5. The molecule has 0 bridgehead atoms. The molecule has 0 saturated carbocycles. The number of benzene rings is 2. The second-order valence-corrected chi connectivity index (χ2v) is 10.7. The van der Waals surface area contributed by atoms with E-state index >= 15 is 4.39 Å². The summed E-state index contributed by atoms with van der Waals surface area (Å²) in [5, 5.41) is 19.9. The first-order valence-electron chi connectivity index (χ1n) is 13.7. The van der Waals surface area contributed by atoms with Gasteiger partial charge in [0.25, 0.3) is 11.5 Å². The van der Waals surface area contributed by atoms with E-state index in [2.05, 4.69) is 20.7 Å². The van der Waals surface area contributed by atoms with Crippen molar-refractivity contribution in [3.63, 3.8) is 0 Å². The van der Waals surface area contributed by atoms with Crippen molar-refractivity contribution in [2.75, 3.05) is 25.6 Å². The van der Waals surface area contributed by atoms with Crippen molar-refractivity contribution in [3.8, 4) is 28.3 Å². The molecule has 1 fully saturated rings. The van der Waals surface area contributed by atoms with E-state index in [1.807, 2.05) is 0 Å². The second kappa shape index (κ2) is 13.2. The first kappa shape index (κ1) is 31.2. The standard InChI is InChI=1S/C31H30ClF2N5O5/c1-16-21(10-19(34)13-26(16)37-29(41)20-6-8-36-39(2)31(20)42)22-11-18(33)12-23(28(22)32)24-5-4-17(30(38-24)43-3)14-35-25-7-9-44-15-27(25)40/h4-6,8,10-13,25,27,35,40H,7,9,14-15H2,1-3H3,(H,37,41)/t25?,27-/m0/s1. The van der Waals surface area contributed by atoms with E-state index in [9.17, 15) is 19.1 Å². The third kappa shape index (κ3) is 6.48. The van der Waals surface area contributed by atoms with Crippen molar-refractivity contribution in [1.29, 1.82) is 0 Å². The molecule has 13 heteroatoms. The molecular weight excluding hydrogens is 596 g/mol. The number of aryl methyl sites for hydroxylation is 1. The number of anilines is 1. The molecule has 3 heterocycles. The topological polar surface area (TPSA) is 128 Å². The lowest BCUT2D eigenvalue weighted by atomic mass is 9.95. The van der Waals surface area contributed by atoms with Gasteiger partial charge in [0, 0.05) is 54.8 Å². The lowest BCUT2D eigenvalue weighted by Gasteiger charge is -2.28. The molecule has 4 aromatic rings. The van der Waals surface area contributed by atoms with Gasteiger partial charge in [-0.15, -0.1) is 0 Å². The summed E-state index contributed by atoms with van der Waals surface area (Å²) < 4.78 is 41.8. The van der Waals surface area contributed by atoms with Crippen molar-refractivity contribution >= 4 is 23.2 Å². The number of methoxy groups -OCH3 is 1. The van der Waals surface area contributed by atoms with Crippen LogP contribution in [-0.2, 0) is 18.3 Å². The molecule has 0 spiro atoms. The molecule has 2 atom stereocenters. The van der Waals surface area contributed by atoms with E-state index < -0.39 is 29.2 Å². The minimum Gasteiger partial charge on any atom is -0.481 e. The summed E-state index contributed by atoms with van der Waals surface area (Å²) in [5.41, 5.74) is 1.36. The van der Waals surface area contributed by atoms with Crippen molar-refractivity contribution in [2.24, 2.45) is 7.05 Å².